The molecule has 7 nitrogen and oxygen atoms in total. The van der Waals surface area contributed by atoms with Crippen molar-refractivity contribution < 1.29 is 14.3 Å². The normalized spacial score (nSPS) is 10.1. The predicted molar refractivity (Wildman–Crippen MR) is 71.5 cm³/mol. The number of nitrogens with two attached hydrogens (primary N) is 2. The van der Waals surface area contributed by atoms with Gasteiger partial charge in [-0.2, -0.15) is 0 Å². The maximum absolute atomic E-state index is 10.9. The summed E-state index contributed by atoms with van der Waals surface area (Å²) in [6.45, 7) is 0.407. The van der Waals surface area contributed by atoms with Crippen LogP contribution >= 0.6 is 0 Å². The molecule has 1 heterocycles. The first kappa shape index (κ1) is 13.8. The average molecular weight is 274 g/mol. The van der Waals surface area contributed by atoms with E-state index in [-0.39, 0.29) is 11.6 Å². The monoisotopic (exact) mass is 274 g/mol. The minimum Gasteiger partial charge on any atom is -0.493 e. The number of benzene rings is 1. The highest BCUT2D eigenvalue weighted by Gasteiger charge is 2.09. The van der Waals surface area contributed by atoms with E-state index in [1.54, 1.807) is 12.1 Å². The molecule has 20 heavy (non-hydrogen) atoms. The maximum atomic E-state index is 10.9. The summed E-state index contributed by atoms with van der Waals surface area (Å²) >= 11 is 0. The number of nitrogens with zero attached hydrogens (tertiary/aromatic N) is 2. The summed E-state index contributed by atoms with van der Waals surface area (Å²) in [5, 5.41) is 7.41. The van der Waals surface area contributed by atoms with Gasteiger partial charge in [0.15, 0.2) is 17.2 Å². The van der Waals surface area contributed by atoms with Crippen LogP contribution < -0.4 is 20.9 Å². The van der Waals surface area contributed by atoms with Crippen LogP contribution in [0.4, 0.5) is 0 Å². The van der Waals surface area contributed by atoms with Gasteiger partial charge >= 0.3 is 0 Å². The largest absolute Gasteiger partial charge is 0.493 e. The molecule has 0 saturated carbocycles. The Morgan fingerprint density at radius 3 is 2.55 bits per heavy atom. The third-order valence-corrected chi connectivity index (χ3v) is 2.57. The number of amides is 1. The number of hydrogen-bond donors (Lipinski definition) is 2. The maximum Gasteiger partial charge on any atom is 0.269 e. The molecule has 0 atom stereocenters. The van der Waals surface area contributed by atoms with Crippen molar-refractivity contribution in [2.75, 3.05) is 7.11 Å². The lowest BCUT2D eigenvalue weighted by Crippen LogP contribution is -2.13. The molecule has 0 aliphatic rings. The molecule has 0 radical (unpaired) electrons. The second-order valence-corrected chi connectivity index (χ2v) is 3.91. The Labute approximate surface area is 115 Å². The van der Waals surface area contributed by atoms with E-state index in [4.69, 9.17) is 20.9 Å². The van der Waals surface area contributed by atoms with Gasteiger partial charge in [-0.25, -0.2) is 0 Å². The van der Waals surface area contributed by atoms with Crippen molar-refractivity contribution >= 4 is 5.91 Å². The Hall–Kier alpha value is -2.67. The summed E-state index contributed by atoms with van der Waals surface area (Å²) in [4.78, 5) is 10.9. The van der Waals surface area contributed by atoms with E-state index in [1.165, 1.54) is 19.2 Å². The number of primary amides is 1. The first-order valence-corrected chi connectivity index (χ1v) is 5.82. The minimum atomic E-state index is -0.645. The molecule has 0 saturated heterocycles. The molecule has 2 aromatic rings. The minimum absolute atomic E-state index is 0.0720. The summed E-state index contributed by atoms with van der Waals surface area (Å²) in [5.41, 5.74) is 11.6. The molecule has 0 spiro atoms. The first-order valence-electron chi connectivity index (χ1n) is 5.82. The number of aromatic nitrogens is 2. The van der Waals surface area contributed by atoms with Gasteiger partial charge in [0.1, 0.15) is 0 Å². The molecule has 0 bridgehead atoms. The van der Waals surface area contributed by atoms with Gasteiger partial charge in [-0.15, -0.1) is 10.2 Å². The Balaban J connectivity index is 2.23. The second-order valence-electron chi connectivity index (χ2n) is 3.91. The SMILES string of the molecule is COc1cc(CN)ccc1Oc1ccc(C(N)=O)nn1. The fraction of sp³-hybridized carbons (Fsp3) is 0.154. The molecule has 1 amide bonds. The first-order chi connectivity index (χ1) is 9.63. The molecule has 0 aliphatic carbocycles. The Morgan fingerprint density at radius 1 is 1.20 bits per heavy atom. The molecule has 7 heteroatoms. The van der Waals surface area contributed by atoms with Gasteiger partial charge in [0, 0.05) is 12.6 Å². The predicted octanol–water partition coefficient (Wildman–Crippen LogP) is 0.835. The lowest BCUT2D eigenvalue weighted by molar-refractivity contribution is 0.0994. The molecule has 1 aromatic carbocycles. The smallest absolute Gasteiger partial charge is 0.269 e. The molecule has 0 fully saturated rings. The molecule has 0 unspecified atom stereocenters. The van der Waals surface area contributed by atoms with Gasteiger partial charge in [0.05, 0.1) is 7.11 Å². The number of carbonyl (C=O) groups is 1. The second kappa shape index (κ2) is 5.98. The van der Waals surface area contributed by atoms with Crippen molar-refractivity contribution in [1.29, 1.82) is 0 Å². The van der Waals surface area contributed by atoms with Gasteiger partial charge in [-0.1, -0.05) is 6.07 Å². The summed E-state index contributed by atoms with van der Waals surface area (Å²) in [6.07, 6.45) is 0. The van der Waals surface area contributed by atoms with Crippen LogP contribution in [-0.2, 0) is 6.54 Å². The van der Waals surface area contributed by atoms with Crippen molar-refractivity contribution in [2.45, 2.75) is 6.54 Å². The molecular formula is C13H14N4O3. The van der Waals surface area contributed by atoms with Crippen molar-refractivity contribution in [3.8, 4) is 17.4 Å². The number of rotatable bonds is 5. The van der Waals surface area contributed by atoms with Crippen LogP contribution in [0, 0.1) is 0 Å². The van der Waals surface area contributed by atoms with E-state index in [0.29, 0.717) is 18.0 Å². The molecule has 1 aromatic heterocycles. The van der Waals surface area contributed by atoms with Crippen LogP contribution in [0.5, 0.6) is 17.4 Å². The van der Waals surface area contributed by atoms with E-state index < -0.39 is 5.91 Å². The highest BCUT2D eigenvalue weighted by atomic mass is 16.5. The van der Waals surface area contributed by atoms with E-state index >= 15 is 0 Å². The van der Waals surface area contributed by atoms with Crippen LogP contribution in [0.25, 0.3) is 0 Å². The standard InChI is InChI=1S/C13H14N4O3/c1-19-11-6-8(7-14)2-4-10(11)20-12-5-3-9(13(15)18)16-17-12/h2-6H,7,14H2,1H3,(H2,15,18). The molecular weight excluding hydrogens is 260 g/mol. The van der Waals surface area contributed by atoms with E-state index in [0.717, 1.165) is 5.56 Å². The van der Waals surface area contributed by atoms with Crippen molar-refractivity contribution in [2.24, 2.45) is 11.5 Å². The van der Waals surface area contributed by atoms with Crippen molar-refractivity contribution in [3.63, 3.8) is 0 Å². The average Bonchev–Trinajstić information content (AvgIpc) is 2.48. The number of ether oxygens (including phenoxy) is 2. The zero-order chi connectivity index (χ0) is 14.5. The van der Waals surface area contributed by atoms with E-state index in [1.807, 2.05) is 6.07 Å². The van der Waals surface area contributed by atoms with Crippen LogP contribution in [0.2, 0.25) is 0 Å². The van der Waals surface area contributed by atoms with Gasteiger partial charge < -0.3 is 20.9 Å². The third-order valence-electron chi connectivity index (χ3n) is 2.57. The lowest BCUT2D eigenvalue weighted by atomic mass is 10.2. The van der Waals surface area contributed by atoms with Crippen molar-refractivity contribution in [1.82, 2.24) is 10.2 Å². The third kappa shape index (κ3) is 3.01. The fourth-order valence-electron chi connectivity index (χ4n) is 1.54. The Morgan fingerprint density at radius 2 is 2.00 bits per heavy atom. The molecule has 0 aliphatic heterocycles. The summed E-state index contributed by atoms with van der Waals surface area (Å²) in [5.74, 6) is 0.599. The summed E-state index contributed by atoms with van der Waals surface area (Å²) < 4.78 is 10.8. The number of carbonyl (C=O) groups excluding carboxylic acids is 1. The van der Waals surface area contributed by atoms with Gasteiger partial charge in [-0.3, -0.25) is 4.79 Å². The van der Waals surface area contributed by atoms with E-state index in [9.17, 15) is 4.79 Å². The van der Waals surface area contributed by atoms with Crippen LogP contribution in [0.15, 0.2) is 30.3 Å². The van der Waals surface area contributed by atoms with Crippen LogP contribution in [0.1, 0.15) is 16.1 Å². The highest BCUT2D eigenvalue weighted by Crippen LogP contribution is 2.31. The molecule has 2 rings (SSSR count). The van der Waals surface area contributed by atoms with Crippen LogP contribution in [-0.4, -0.2) is 23.2 Å². The summed E-state index contributed by atoms with van der Waals surface area (Å²) in [6, 6.07) is 8.27. The highest BCUT2D eigenvalue weighted by molar-refractivity contribution is 5.90. The quantitative estimate of drug-likeness (QED) is 0.835. The number of methoxy groups -OCH3 is 1. The zero-order valence-corrected chi connectivity index (χ0v) is 10.9. The molecule has 4 N–H and O–H groups in total. The Bertz CT molecular complexity index is 614. The van der Waals surface area contributed by atoms with Gasteiger partial charge in [-0.05, 0) is 23.8 Å². The van der Waals surface area contributed by atoms with Gasteiger partial charge in [0.25, 0.3) is 5.91 Å². The topological polar surface area (TPSA) is 113 Å². The van der Waals surface area contributed by atoms with Crippen molar-refractivity contribution in [3.05, 3.63) is 41.6 Å². The summed E-state index contributed by atoms with van der Waals surface area (Å²) in [7, 11) is 1.53. The molecule has 104 valence electrons. The lowest BCUT2D eigenvalue weighted by Gasteiger charge is -2.10. The van der Waals surface area contributed by atoms with Crippen LogP contribution in [0.3, 0.4) is 0 Å². The number of hydrogen-bond acceptors (Lipinski definition) is 6. The fourth-order valence-corrected chi connectivity index (χ4v) is 1.54. The van der Waals surface area contributed by atoms with E-state index in [2.05, 4.69) is 10.2 Å². The Kier molecular flexibility index (Phi) is 4.11. The zero-order valence-electron chi connectivity index (χ0n) is 10.9. The van der Waals surface area contributed by atoms with Gasteiger partial charge in [0.2, 0.25) is 5.88 Å².